The molecule has 2 nitrogen and oxygen atoms in total. The average molecular weight is 349 g/mol. The van der Waals surface area contributed by atoms with E-state index in [1.165, 1.54) is 0 Å². The molecule has 0 radical (unpaired) electrons. The van der Waals surface area contributed by atoms with Gasteiger partial charge in [0.25, 0.3) is 0 Å². The van der Waals surface area contributed by atoms with Crippen LogP contribution in [-0.2, 0) is 0 Å². The number of benzene rings is 2. The first kappa shape index (κ1) is 13.6. The predicted octanol–water partition coefficient (Wildman–Crippen LogP) is 4.73. The fraction of sp³-hybridized carbons (Fsp3) is 0.0625. The molecular weight excluding hydrogens is 338 g/mol. The lowest BCUT2D eigenvalue weighted by molar-refractivity contribution is 0.221. The van der Waals surface area contributed by atoms with Crippen LogP contribution >= 0.6 is 27.5 Å². The molecule has 0 saturated carbocycles. The molecule has 1 atom stereocenters. The molecule has 1 aromatic heterocycles. The van der Waals surface area contributed by atoms with Gasteiger partial charge in [-0.15, -0.1) is 0 Å². The van der Waals surface area contributed by atoms with Crippen molar-refractivity contribution in [1.29, 1.82) is 0 Å². The molecule has 0 aliphatic carbocycles. The maximum atomic E-state index is 10.6. The highest BCUT2D eigenvalue weighted by molar-refractivity contribution is 9.10. The Morgan fingerprint density at radius 3 is 2.70 bits per heavy atom. The van der Waals surface area contributed by atoms with Gasteiger partial charge in [0.2, 0.25) is 0 Å². The van der Waals surface area contributed by atoms with Crippen molar-refractivity contribution in [2.45, 2.75) is 6.10 Å². The first-order valence-electron chi connectivity index (χ1n) is 6.13. The van der Waals surface area contributed by atoms with E-state index >= 15 is 0 Å². The molecule has 4 heteroatoms. The number of aliphatic hydroxyl groups is 1. The highest BCUT2D eigenvalue weighted by atomic mass is 79.9. The minimum Gasteiger partial charge on any atom is -0.384 e. The number of aromatic nitrogens is 1. The Hall–Kier alpha value is -1.42. The lowest BCUT2D eigenvalue weighted by Crippen LogP contribution is -2.01. The van der Waals surface area contributed by atoms with Crippen LogP contribution in [-0.4, -0.2) is 10.1 Å². The number of hydrogen-bond acceptors (Lipinski definition) is 2. The third-order valence-electron chi connectivity index (χ3n) is 3.16. The number of rotatable bonds is 2. The van der Waals surface area contributed by atoms with Gasteiger partial charge in [-0.05, 0) is 29.8 Å². The predicted molar refractivity (Wildman–Crippen MR) is 85.0 cm³/mol. The number of nitrogens with zero attached hydrogens (tertiary/aromatic N) is 1. The molecular formula is C16H11BrClNO. The van der Waals surface area contributed by atoms with E-state index in [1.807, 2.05) is 36.4 Å². The van der Waals surface area contributed by atoms with Crippen molar-refractivity contribution < 1.29 is 5.11 Å². The summed E-state index contributed by atoms with van der Waals surface area (Å²) in [4.78, 5) is 4.37. The van der Waals surface area contributed by atoms with Crippen LogP contribution in [0.1, 0.15) is 17.2 Å². The van der Waals surface area contributed by atoms with Gasteiger partial charge in [0.05, 0.1) is 5.52 Å². The van der Waals surface area contributed by atoms with Gasteiger partial charge in [-0.2, -0.15) is 0 Å². The third kappa shape index (κ3) is 2.57. The van der Waals surface area contributed by atoms with Gasteiger partial charge in [0, 0.05) is 26.6 Å². The highest BCUT2D eigenvalue weighted by Crippen LogP contribution is 2.30. The third-order valence-corrected chi connectivity index (χ3v) is 3.84. The van der Waals surface area contributed by atoms with Crippen LogP contribution in [0.5, 0.6) is 0 Å². The number of pyridine rings is 1. The van der Waals surface area contributed by atoms with Gasteiger partial charge in [-0.1, -0.05) is 51.8 Å². The second kappa shape index (κ2) is 5.52. The van der Waals surface area contributed by atoms with Crippen molar-refractivity contribution in [3.8, 4) is 0 Å². The monoisotopic (exact) mass is 347 g/mol. The quantitative estimate of drug-likeness (QED) is 0.726. The fourth-order valence-electron chi connectivity index (χ4n) is 2.26. The first-order valence-corrected chi connectivity index (χ1v) is 7.30. The van der Waals surface area contributed by atoms with Crippen molar-refractivity contribution in [2.75, 3.05) is 0 Å². The molecule has 0 saturated heterocycles. The van der Waals surface area contributed by atoms with Crippen LogP contribution in [0.3, 0.4) is 0 Å². The van der Waals surface area contributed by atoms with Gasteiger partial charge in [-0.3, -0.25) is 4.98 Å². The maximum absolute atomic E-state index is 10.6. The summed E-state index contributed by atoms with van der Waals surface area (Å²) in [6.45, 7) is 0. The van der Waals surface area contributed by atoms with Crippen LogP contribution in [0, 0.1) is 0 Å². The number of hydrogen-bond donors (Lipinski definition) is 1. The number of para-hydroxylation sites is 1. The van der Waals surface area contributed by atoms with Crippen molar-refractivity contribution in [3.63, 3.8) is 0 Å². The lowest BCUT2D eigenvalue weighted by atomic mass is 9.99. The lowest BCUT2D eigenvalue weighted by Gasteiger charge is -2.14. The SMILES string of the molecule is OC(c1cc(Cl)cc(Br)c1)c1cccc2cccnc12. The summed E-state index contributed by atoms with van der Waals surface area (Å²) in [5.74, 6) is 0. The van der Waals surface area contributed by atoms with Crippen LogP contribution in [0.15, 0.2) is 59.2 Å². The second-order valence-electron chi connectivity index (χ2n) is 4.53. The molecule has 20 heavy (non-hydrogen) atoms. The van der Waals surface area contributed by atoms with Gasteiger partial charge in [0.1, 0.15) is 6.10 Å². The molecule has 0 aliphatic heterocycles. The smallest absolute Gasteiger partial charge is 0.106 e. The summed E-state index contributed by atoms with van der Waals surface area (Å²) >= 11 is 9.44. The van der Waals surface area contributed by atoms with E-state index in [-0.39, 0.29) is 0 Å². The molecule has 0 fully saturated rings. The van der Waals surface area contributed by atoms with Crippen molar-refractivity contribution in [3.05, 3.63) is 75.4 Å². The molecule has 0 aliphatic rings. The van der Waals surface area contributed by atoms with E-state index in [0.29, 0.717) is 5.02 Å². The van der Waals surface area contributed by atoms with Crippen molar-refractivity contribution in [2.24, 2.45) is 0 Å². The normalized spacial score (nSPS) is 12.6. The van der Waals surface area contributed by atoms with E-state index in [0.717, 1.165) is 26.5 Å². The van der Waals surface area contributed by atoms with Gasteiger partial charge in [-0.25, -0.2) is 0 Å². The van der Waals surface area contributed by atoms with Crippen LogP contribution in [0.2, 0.25) is 5.02 Å². The molecule has 100 valence electrons. The van der Waals surface area contributed by atoms with Crippen LogP contribution in [0.4, 0.5) is 0 Å². The molecule has 2 aromatic carbocycles. The Labute approximate surface area is 130 Å². The van der Waals surface area contributed by atoms with Crippen molar-refractivity contribution in [1.82, 2.24) is 4.98 Å². The molecule has 0 bridgehead atoms. The number of fused-ring (bicyclic) bond motifs is 1. The zero-order valence-corrected chi connectivity index (χ0v) is 12.8. The maximum Gasteiger partial charge on any atom is 0.106 e. The summed E-state index contributed by atoms with van der Waals surface area (Å²) < 4.78 is 0.840. The topological polar surface area (TPSA) is 33.1 Å². The first-order chi connectivity index (χ1) is 9.65. The zero-order valence-electron chi connectivity index (χ0n) is 10.4. The Balaban J connectivity index is 2.15. The van der Waals surface area contributed by atoms with E-state index in [4.69, 9.17) is 11.6 Å². The Morgan fingerprint density at radius 1 is 1.10 bits per heavy atom. The minimum atomic E-state index is -0.761. The molecule has 0 amide bonds. The summed E-state index contributed by atoms with van der Waals surface area (Å²) in [5.41, 5.74) is 2.32. The van der Waals surface area contributed by atoms with E-state index in [1.54, 1.807) is 18.3 Å². The van der Waals surface area contributed by atoms with Gasteiger partial charge in [0.15, 0.2) is 0 Å². The standard InChI is InChI=1S/C16H11BrClNO/c17-12-7-11(8-13(18)9-12)16(20)14-5-1-3-10-4-2-6-19-15(10)14/h1-9,16,20H. The number of aliphatic hydroxyl groups excluding tert-OH is 1. The van der Waals surface area contributed by atoms with Crippen LogP contribution < -0.4 is 0 Å². The Morgan fingerprint density at radius 2 is 1.90 bits per heavy atom. The average Bonchev–Trinajstić information content (AvgIpc) is 2.45. The Kier molecular flexibility index (Phi) is 3.74. The van der Waals surface area contributed by atoms with Crippen molar-refractivity contribution >= 4 is 38.4 Å². The summed E-state index contributed by atoms with van der Waals surface area (Å²) in [6, 6.07) is 15.1. The van der Waals surface area contributed by atoms with Crippen LogP contribution in [0.25, 0.3) is 10.9 Å². The van der Waals surface area contributed by atoms with Gasteiger partial charge >= 0.3 is 0 Å². The highest BCUT2D eigenvalue weighted by Gasteiger charge is 2.15. The summed E-state index contributed by atoms with van der Waals surface area (Å²) in [6.07, 6.45) is 0.968. The molecule has 1 unspecified atom stereocenters. The number of halogens is 2. The Bertz CT molecular complexity index is 750. The summed E-state index contributed by atoms with van der Waals surface area (Å²) in [5, 5.41) is 12.2. The van der Waals surface area contributed by atoms with E-state index in [2.05, 4.69) is 20.9 Å². The van der Waals surface area contributed by atoms with Gasteiger partial charge < -0.3 is 5.11 Å². The molecule has 0 spiro atoms. The second-order valence-corrected chi connectivity index (χ2v) is 5.88. The zero-order chi connectivity index (χ0) is 14.1. The fourth-order valence-corrected chi connectivity index (χ4v) is 3.15. The van der Waals surface area contributed by atoms with E-state index in [9.17, 15) is 5.11 Å². The summed E-state index contributed by atoms with van der Waals surface area (Å²) in [7, 11) is 0. The molecule has 3 aromatic rings. The largest absolute Gasteiger partial charge is 0.384 e. The molecule has 3 rings (SSSR count). The van der Waals surface area contributed by atoms with E-state index < -0.39 is 6.10 Å². The molecule has 1 heterocycles. The minimum absolute atomic E-state index is 0.585. The molecule has 1 N–H and O–H groups in total.